The molecule has 0 aromatic rings. The summed E-state index contributed by atoms with van der Waals surface area (Å²) in [5.74, 6) is 0. The summed E-state index contributed by atoms with van der Waals surface area (Å²) in [6.07, 6.45) is 16.5. The van der Waals surface area contributed by atoms with Crippen LogP contribution in [-0.2, 0) is 4.74 Å². The molecule has 0 spiro atoms. The van der Waals surface area contributed by atoms with Gasteiger partial charge in [-0.15, -0.1) is 0 Å². The van der Waals surface area contributed by atoms with Gasteiger partial charge in [-0.1, -0.05) is 44.6 Å². The normalized spacial score (nSPS) is 27.8. The van der Waals surface area contributed by atoms with Crippen molar-refractivity contribution >= 4 is 0 Å². The molecule has 0 N–H and O–H groups in total. The van der Waals surface area contributed by atoms with Crippen molar-refractivity contribution in [3.8, 4) is 0 Å². The van der Waals surface area contributed by atoms with E-state index in [0.29, 0.717) is 0 Å². The summed E-state index contributed by atoms with van der Waals surface area (Å²) in [6.45, 7) is 4.03. The molecule has 0 aromatic carbocycles. The zero-order chi connectivity index (χ0) is 12.5. The molecule has 0 amide bonds. The predicted octanol–water partition coefficient (Wildman–Crippen LogP) is 4.12. The Morgan fingerprint density at radius 3 is 2.11 bits per heavy atom. The summed E-state index contributed by atoms with van der Waals surface area (Å²) in [6, 6.07) is 0. The third kappa shape index (κ3) is 5.01. The van der Waals surface area contributed by atoms with Gasteiger partial charge in [0, 0.05) is 18.8 Å². The van der Waals surface area contributed by atoms with E-state index in [-0.39, 0.29) is 0 Å². The first-order valence-corrected chi connectivity index (χ1v) is 7.98. The molecule has 1 fully saturated rings. The van der Waals surface area contributed by atoms with Crippen molar-refractivity contribution in [3.05, 3.63) is 11.8 Å². The summed E-state index contributed by atoms with van der Waals surface area (Å²) in [4.78, 5) is 2.56. The van der Waals surface area contributed by atoms with Gasteiger partial charge in [0.2, 0.25) is 0 Å². The Bertz CT molecular complexity index is 243. The molecule has 104 valence electrons. The van der Waals surface area contributed by atoms with Crippen LogP contribution in [0, 0.1) is 0 Å². The standard InChI is InChI=1S/C16H29NO/c1-2-4-6-8-10-16(11-9-7-5-3-1)17-12-14-18-15-13-17/h10H,1-9,11-15H2/b16-10-. The molecule has 0 radical (unpaired) electrons. The molecule has 18 heavy (non-hydrogen) atoms. The monoisotopic (exact) mass is 251 g/mol. The second kappa shape index (κ2) is 8.58. The molecular formula is C16H29NO. The highest BCUT2D eigenvalue weighted by molar-refractivity contribution is 5.02. The molecule has 2 aliphatic rings. The Hall–Kier alpha value is -0.500. The second-order valence-corrected chi connectivity index (χ2v) is 5.66. The topological polar surface area (TPSA) is 12.5 Å². The van der Waals surface area contributed by atoms with Crippen molar-refractivity contribution < 1.29 is 4.74 Å². The summed E-state index contributed by atoms with van der Waals surface area (Å²) >= 11 is 0. The molecule has 0 saturated carbocycles. The maximum atomic E-state index is 5.46. The van der Waals surface area contributed by atoms with Crippen molar-refractivity contribution in [1.82, 2.24) is 4.90 Å². The molecule has 0 bridgehead atoms. The van der Waals surface area contributed by atoms with Crippen LogP contribution in [0.4, 0.5) is 0 Å². The molecule has 1 heterocycles. The second-order valence-electron chi connectivity index (χ2n) is 5.66. The van der Waals surface area contributed by atoms with Crippen LogP contribution in [-0.4, -0.2) is 31.2 Å². The third-order valence-corrected chi connectivity index (χ3v) is 4.18. The first-order chi connectivity index (χ1) is 8.97. The zero-order valence-electron chi connectivity index (χ0n) is 11.8. The Labute approximate surface area is 112 Å². The molecule has 2 rings (SSSR count). The maximum Gasteiger partial charge on any atom is 0.0642 e. The first-order valence-electron chi connectivity index (χ1n) is 7.98. The average Bonchev–Trinajstić information content (AvgIpc) is 2.40. The summed E-state index contributed by atoms with van der Waals surface area (Å²) in [5, 5.41) is 0. The van der Waals surface area contributed by atoms with Gasteiger partial charge < -0.3 is 9.64 Å². The largest absolute Gasteiger partial charge is 0.378 e. The van der Waals surface area contributed by atoms with Gasteiger partial charge in [-0.05, 0) is 25.7 Å². The molecule has 0 aromatic heterocycles. The van der Waals surface area contributed by atoms with Crippen molar-refractivity contribution in [2.24, 2.45) is 0 Å². The minimum atomic E-state index is 0.914. The third-order valence-electron chi connectivity index (χ3n) is 4.18. The number of hydrogen-bond donors (Lipinski definition) is 0. The number of rotatable bonds is 1. The molecule has 1 saturated heterocycles. The first kappa shape index (κ1) is 13.9. The minimum absolute atomic E-state index is 0.914. The number of hydrogen-bond acceptors (Lipinski definition) is 2. The molecule has 0 atom stereocenters. The van der Waals surface area contributed by atoms with E-state index < -0.39 is 0 Å². The fraction of sp³-hybridized carbons (Fsp3) is 0.875. The van der Waals surface area contributed by atoms with E-state index in [9.17, 15) is 0 Å². The van der Waals surface area contributed by atoms with Gasteiger partial charge in [0.05, 0.1) is 13.2 Å². The van der Waals surface area contributed by atoms with Crippen LogP contribution in [0.5, 0.6) is 0 Å². The van der Waals surface area contributed by atoms with Crippen LogP contribution in [0.15, 0.2) is 11.8 Å². The fourth-order valence-corrected chi connectivity index (χ4v) is 3.02. The molecule has 1 aliphatic heterocycles. The van der Waals surface area contributed by atoms with E-state index in [2.05, 4.69) is 11.0 Å². The molecule has 2 heteroatoms. The summed E-state index contributed by atoms with van der Waals surface area (Å²) in [5.41, 5.74) is 1.61. The van der Waals surface area contributed by atoms with E-state index in [1.807, 2.05) is 0 Å². The van der Waals surface area contributed by atoms with Gasteiger partial charge in [0.1, 0.15) is 0 Å². The van der Waals surface area contributed by atoms with Gasteiger partial charge >= 0.3 is 0 Å². The summed E-state index contributed by atoms with van der Waals surface area (Å²) in [7, 11) is 0. The van der Waals surface area contributed by atoms with Gasteiger partial charge in [0.15, 0.2) is 0 Å². The van der Waals surface area contributed by atoms with E-state index in [1.54, 1.807) is 5.70 Å². The average molecular weight is 251 g/mol. The van der Waals surface area contributed by atoms with Crippen LogP contribution < -0.4 is 0 Å². The van der Waals surface area contributed by atoms with Crippen molar-refractivity contribution in [1.29, 1.82) is 0 Å². The number of allylic oxidation sites excluding steroid dienone is 2. The van der Waals surface area contributed by atoms with Crippen molar-refractivity contribution in [3.63, 3.8) is 0 Å². The fourth-order valence-electron chi connectivity index (χ4n) is 3.02. The highest BCUT2D eigenvalue weighted by Crippen LogP contribution is 2.20. The van der Waals surface area contributed by atoms with Gasteiger partial charge in [-0.2, -0.15) is 0 Å². The molecular weight excluding hydrogens is 222 g/mol. The van der Waals surface area contributed by atoms with Crippen LogP contribution in [0.1, 0.15) is 64.2 Å². The van der Waals surface area contributed by atoms with Crippen molar-refractivity contribution in [2.45, 2.75) is 64.2 Å². The van der Waals surface area contributed by atoms with Crippen LogP contribution in [0.25, 0.3) is 0 Å². The van der Waals surface area contributed by atoms with Crippen LogP contribution in [0.2, 0.25) is 0 Å². The highest BCUT2D eigenvalue weighted by Gasteiger charge is 2.13. The Morgan fingerprint density at radius 1 is 0.778 bits per heavy atom. The molecule has 0 unspecified atom stereocenters. The Morgan fingerprint density at radius 2 is 1.39 bits per heavy atom. The maximum absolute atomic E-state index is 5.46. The zero-order valence-corrected chi connectivity index (χ0v) is 11.8. The minimum Gasteiger partial charge on any atom is -0.378 e. The van der Waals surface area contributed by atoms with E-state index in [0.717, 1.165) is 26.3 Å². The summed E-state index contributed by atoms with van der Waals surface area (Å²) < 4.78 is 5.46. The lowest BCUT2D eigenvalue weighted by atomic mass is 10.0. The van der Waals surface area contributed by atoms with Crippen molar-refractivity contribution in [2.75, 3.05) is 26.3 Å². The van der Waals surface area contributed by atoms with Gasteiger partial charge in [0.25, 0.3) is 0 Å². The lowest BCUT2D eigenvalue weighted by Crippen LogP contribution is -2.35. The lowest BCUT2D eigenvalue weighted by molar-refractivity contribution is 0.0517. The molecule has 2 nitrogen and oxygen atoms in total. The Kier molecular flexibility index (Phi) is 6.63. The van der Waals surface area contributed by atoms with Crippen LogP contribution in [0.3, 0.4) is 0 Å². The van der Waals surface area contributed by atoms with E-state index in [4.69, 9.17) is 4.74 Å². The smallest absolute Gasteiger partial charge is 0.0642 e. The SMILES string of the molecule is C1=C(\N2CCOCC2)CCCCCCCCCC/1. The van der Waals surface area contributed by atoms with Gasteiger partial charge in [-0.25, -0.2) is 0 Å². The quantitative estimate of drug-likeness (QED) is 0.695. The number of ether oxygens (including phenoxy) is 1. The van der Waals surface area contributed by atoms with Crippen LogP contribution >= 0.6 is 0 Å². The van der Waals surface area contributed by atoms with E-state index in [1.165, 1.54) is 64.2 Å². The number of morpholine rings is 1. The Balaban J connectivity index is 1.85. The molecule has 1 aliphatic carbocycles. The lowest BCUT2D eigenvalue weighted by Gasteiger charge is -2.31. The highest BCUT2D eigenvalue weighted by atomic mass is 16.5. The van der Waals surface area contributed by atoms with E-state index >= 15 is 0 Å². The number of nitrogens with zero attached hydrogens (tertiary/aromatic N) is 1. The van der Waals surface area contributed by atoms with Gasteiger partial charge in [-0.3, -0.25) is 0 Å². The predicted molar refractivity (Wildman–Crippen MR) is 76.6 cm³/mol.